The van der Waals surface area contributed by atoms with E-state index in [0.29, 0.717) is 4.90 Å². The van der Waals surface area contributed by atoms with E-state index in [-0.39, 0.29) is 29.0 Å². The van der Waals surface area contributed by atoms with Crippen LogP contribution in [0.5, 0.6) is 5.75 Å². The van der Waals surface area contributed by atoms with Crippen LogP contribution in [-0.2, 0) is 15.6 Å². The van der Waals surface area contributed by atoms with Crippen LogP contribution in [0, 0.1) is 11.7 Å². The number of carbonyl (C=O) groups is 1. The molecule has 92 valence electrons. The van der Waals surface area contributed by atoms with Gasteiger partial charge in [0, 0.05) is 23.8 Å². The summed E-state index contributed by atoms with van der Waals surface area (Å²) in [6.45, 7) is 1.69. The van der Waals surface area contributed by atoms with Gasteiger partial charge in [0.1, 0.15) is 0 Å². The van der Waals surface area contributed by atoms with Crippen LogP contribution < -0.4 is 10.1 Å². The topological polar surface area (TPSA) is 55.4 Å². The summed E-state index contributed by atoms with van der Waals surface area (Å²) in [7, 11) is 0.00548. The molecule has 0 aliphatic carbocycles. The number of fused-ring (bicyclic) bond motifs is 1. The van der Waals surface area contributed by atoms with E-state index < -0.39 is 16.6 Å². The van der Waals surface area contributed by atoms with Crippen LogP contribution in [0.3, 0.4) is 0 Å². The summed E-state index contributed by atoms with van der Waals surface area (Å²) in [5.74, 6) is -0.939. The summed E-state index contributed by atoms with van der Waals surface area (Å²) in [4.78, 5) is 12.0. The lowest BCUT2D eigenvalue weighted by atomic mass is 10.2. The third-order valence-corrected chi connectivity index (χ3v) is 4.24. The van der Waals surface area contributed by atoms with Gasteiger partial charge in [0.2, 0.25) is 5.91 Å². The molecule has 1 N–H and O–H groups in total. The van der Waals surface area contributed by atoms with Gasteiger partial charge in [-0.2, -0.15) is 0 Å². The lowest BCUT2D eigenvalue weighted by molar-refractivity contribution is -0.118. The fourth-order valence-corrected chi connectivity index (χ4v) is 3.00. The Morgan fingerprint density at radius 1 is 1.53 bits per heavy atom. The van der Waals surface area contributed by atoms with Gasteiger partial charge in [-0.25, -0.2) is 4.39 Å². The minimum atomic E-state index is -1.33. The summed E-state index contributed by atoms with van der Waals surface area (Å²) in [6, 6.07) is 2.51. The van der Waals surface area contributed by atoms with Crippen LogP contribution in [0.25, 0.3) is 0 Å². The Balaban J connectivity index is 2.54. The van der Waals surface area contributed by atoms with Crippen molar-refractivity contribution in [3.8, 4) is 5.75 Å². The monoisotopic (exact) mass is 257 g/mol. The molecule has 17 heavy (non-hydrogen) atoms. The first kappa shape index (κ1) is 12.0. The fourth-order valence-electron chi connectivity index (χ4n) is 1.63. The number of carbonyl (C=O) groups excluding carboxylic acids is 1. The Labute approximate surface area is 101 Å². The molecule has 1 aromatic rings. The fraction of sp³-hybridized carbons (Fsp3) is 0.364. The maximum atomic E-state index is 13.5. The molecular formula is C11H12FNO3S. The number of amides is 1. The quantitative estimate of drug-likeness (QED) is 0.830. The van der Waals surface area contributed by atoms with Crippen LogP contribution in [0.4, 0.5) is 10.1 Å². The summed E-state index contributed by atoms with van der Waals surface area (Å²) in [6.07, 6.45) is 0. The molecule has 0 fully saturated rings. The maximum Gasteiger partial charge on any atom is 0.228 e. The Bertz CT molecular complexity index is 504. The van der Waals surface area contributed by atoms with Gasteiger partial charge in [-0.15, -0.1) is 0 Å². The van der Waals surface area contributed by atoms with Crippen LogP contribution in [0.2, 0.25) is 0 Å². The van der Waals surface area contributed by atoms with E-state index in [0.717, 1.165) is 6.07 Å². The molecule has 0 spiro atoms. The molecule has 0 saturated heterocycles. The van der Waals surface area contributed by atoms with E-state index in [1.165, 1.54) is 13.2 Å². The smallest absolute Gasteiger partial charge is 0.228 e. The molecule has 2 atom stereocenters. The largest absolute Gasteiger partial charge is 0.494 e. The number of hydrogen-bond acceptors (Lipinski definition) is 3. The van der Waals surface area contributed by atoms with Crippen molar-refractivity contribution in [1.82, 2.24) is 0 Å². The molecule has 0 saturated carbocycles. The number of nitrogens with one attached hydrogen (secondary N) is 1. The molecule has 0 aromatic heterocycles. The maximum absolute atomic E-state index is 13.5. The number of anilines is 1. The van der Waals surface area contributed by atoms with Crippen LogP contribution >= 0.6 is 0 Å². The second-order valence-electron chi connectivity index (χ2n) is 3.89. The zero-order valence-corrected chi connectivity index (χ0v) is 10.3. The Morgan fingerprint density at radius 2 is 2.24 bits per heavy atom. The molecule has 0 bridgehead atoms. The van der Waals surface area contributed by atoms with E-state index in [2.05, 4.69) is 5.32 Å². The van der Waals surface area contributed by atoms with Crippen molar-refractivity contribution < 1.29 is 18.1 Å². The van der Waals surface area contributed by atoms with E-state index in [9.17, 15) is 13.4 Å². The Hall–Kier alpha value is -1.43. The molecule has 0 radical (unpaired) electrons. The highest BCUT2D eigenvalue weighted by atomic mass is 32.2. The summed E-state index contributed by atoms with van der Waals surface area (Å²) in [5, 5.41) is 2.57. The zero-order valence-electron chi connectivity index (χ0n) is 9.45. The van der Waals surface area contributed by atoms with E-state index >= 15 is 0 Å². The van der Waals surface area contributed by atoms with Gasteiger partial charge in [0.05, 0.1) is 28.5 Å². The van der Waals surface area contributed by atoms with Gasteiger partial charge < -0.3 is 10.1 Å². The third kappa shape index (κ3) is 2.17. The van der Waals surface area contributed by atoms with Gasteiger partial charge in [-0.1, -0.05) is 6.92 Å². The van der Waals surface area contributed by atoms with Gasteiger partial charge in [-0.3, -0.25) is 9.00 Å². The standard InChI is InChI=1S/C11H12FNO3S/c1-6-5-17(15)10-4-9(16-2)7(12)3-8(10)13-11(6)14/h3-4,6H,5H2,1-2H3,(H,13,14). The first-order valence-corrected chi connectivity index (χ1v) is 6.41. The van der Waals surface area contributed by atoms with Crippen LogP contribution in [0.15, 0.2) is 17.0 Å². The molecule has 4 nitrogen and oxygen atoms in total. The molecule has 2 unspecified atom stereocenters. The number of hydrogen-bond donors (Lipinski definition) is 1. The molecule has 1 aromatic carbocycles. The van der Waals surface area contributed by atoms with E-state index in [4.69, 9.17) is 4.74 Å². The van der Waals surface area contributed by atoms with Crippen molar-refractivity contribution in [1.29, 1.82) is 0 Å². The van der Waals surface area contributed by atoms with Gasteiger partial charge in [0.25, 0.3) is 0 Å². The summed E-state index contributed by atoms with van der Waals surface area (Å²) < 4.78 is 30.3. The average molecular weight is 257 g/mol. The predicted octanol–water partition coefficient (Wildman–Crippen LogP) is 1.53. The number of benzene rings is 1. The van der Waals surface area contributed by atoms with Crippen molar-refractivity contribution in [2.45, 2.75) is 11.8 Å². The number of ether oxygens (including phenoxy) is 1. The van der Waals surface area contributed by atoms with Crippen molar-refractivity contribution in [2.24, 2.45) is 5.92 Å². The molecule has 1 aliphatic heterocycles. The third-order valence-electron chi connectivity index (χ3n) is 2.61. The van der Waals surface area contributed by atoms with E-state index in [1.807, 2.05) is 0 Å². The number of rotatable bonds is 1. The van der Waals surface area contributed by atoms with Crippen LogP contribution in [0.1, 0.15) is 6.92 Å². The van der Waals surface area contributed by atoms with Crippen molar-refractivity contribution in [3.63, 3.8) is 0 Å². The van der Waals surface area contributed by atoms with Crippen molar-refractivity contribution >= 4 is 22.4 Å². The predicted molar refractivity (Wildman–Crippen MR) is 62.0 cm³/mol. The molecule has 1 heterocycles. The highest BCUT2D eigenvalue weighted by Gasteiger charge is 2.26. The van der Waals surface area contributed by atoms with Gasteiger partial charge in [0.15, 0.2) is 11.6 Å². The molecule has 1 aliphatic rings. The molecule has 1 amide bonds. The zero-order chi connectivity index (χ0) is 12.6. The van der Waals surface area contributed by atoms with Crippen molar-refractivity contribution in [3.05, 3.63) is 17.9 Å². The second-order valence-corrected chi connectivity index (χ2v) is 5.35. The normalized spacial score (nSPS) is 23.6. The highest BCUT2D eigenvalue weighted by molar-refractivity contribution is 7.85. The minimum absolute atomic E-state index is 0.0286. The molecular weight excluding hydrogens is 245 g/mol. The Morgan fingerprint density at radius 3 is 2.88 bits per heavy atom. The average Bonchev–Trinajstić information content (AvgIpc) is 2.37. The summed E-state index contributed by atoms with van der Waals surface area (Å²) >= 11 is 0. The van der Waals surface area contributed by atoms with Crippen LogP contribution in [-0.4, -0.2) is 23.0 Å². The highest BCUT2D eigenvalue weighted by Crippen LogP contribution is 2.31. The Kier molecular flexibility index (Phi) is 3.15. The van der Waals surface area contributed by atoms with Gasteiger partial charge >= 0.3 is 0 Å². The number of halogens is 1. The first-order chi connectivity index (χ1) is 8.02. The number of methoxy groups -OCH3 is 1. The lowest BCUT2D eigenvalue weighted by Gasteiger charge is -2.09. The first-order valence-electron chi connectivity index (χ1n) is 5.09. The van der Waals surface area contributed by atoms with E-state index in [1.54, 1.807) is 6.92 Å². The lowest BCUT2D eigenvalue weighted by Crippen LogP contribution is -2.21. The minimum Gasteiger partial charge on any atom is -0.494 e. The van der Waals surface area contributed by atoms with Gasteiger partial charge in [-0.05, 0) is 0 Å². The van der Waals surface area contributed by atoms with Crippen molar-refractivity contribution in [2.75, 3.05) is 18.2 Å². The SMILES string of the molecule is COc1cc2c(cc1F)NC(=O)C(C)CS2=O. The molecule has 2 rings (SSSR count). The molecule has 6 heteroatoms. The summed E-state index contributed by atoms with van der Waals surface area (Å²) in [5.41, 5.74) is 0.260. The second kappa shape index (κ2) is 4.44.